The van der Waals surface area contributed by atoms with Crippen molar-refractivity contribution in [2.45, 2.75) is 6.36 Å². The molecule has 9 heteroatoms. The van der Waals surface area contributed by atoms with Crippen molar-refractivity contribution in [3.05, 3.63) is 6.33 Å². The fourth-order valence-corrected chi connectivity index (χ4v) is 1.18. The van der Waals surface area contributed by atoms with Gasteiger partial charge in [0.05, 0.1) is 6.33 Å². The molecular weight excluding hydrogens is 227 g/mol. The third-order valence-corrected chi connectivity index (χ3v) is 1.76. The second-order valence-electron chi connectivity index (χ2n) is 2.96. The van der Waals surface area contributed by atoms with Crippen LogP contribution in [0.1, 0.15) is 0 Å². The molecule has 0 spiro atoms. The average molecular weight is 233 g/mol. The second kappa shape index (κ2) is 3.22. The summed E-state index contributed by atoms with van der Waals surface area (Å²) in [5.41, 5.74) is 5.34. The van der Waals surface area contributed by atoms with E-state index in [1.165, 1.54) is 10.9 Å². The van der Waals surface area contributed by atoms with Crippen LogP contribution in [0.15, 0.2) is 6.33 Å². The van der Waals surface area contributed by atoms with Crippen LogP contribution >= 0.6 is 0 Å². The van der Waals surface area contributed by atoms with Gasteiger partial charge in [-0.05, 0) is 0 Å². The SMILES string of the molecule is Cn1cnc2c(OC(F)(F)F)nc(N)nc21. The first-order valence-corrected chi connectivity index (χ1v) is 4.07. The Bertz CT molecular complexity index is 535. The predicted octanol–water partition coefficient (Wildman–Crippen LogP) is 0.844. The lowest BCUT2D eigenvalue weighted by Crippen LogP contribution is -2.18. The summed E-state index contributed by atoms with van der Waals surface area (Å²) >= 11 is 0. The zero-order chi connectivity index (χ0) is 11.9. The van der Waals surface area contributed by atoms with E-state index >= 15 is 0 Å². The third-order valence-electron chi connectivity index (χ3n) is 1.76. The van der Waals surface area contributed by atoms with E-state index in [1.807, 2.05) is 0 Å². The van der Waals surface area contributed by atoms with E-state index in [1.54, 1.807) is 7.05 Å². The Hall–Kier alpha value is -2.06. The predicted molar refractivity (Wildman–Crippen MR) is 47.4 cm³/mol. The minimum absolute atomic E-state index is 0.0889. The van der Waals surface area contributed by atoms with E-state index in [2.05, 4.69) is 19.7 Å². The summed E-state index contributed by atoms with van der Waals surface area (Å²) in [6, 6.07) is 0. The number of aryl methyl sites for hydroxylation is 1. The Morgan fingerprint density at radius 1 is 1.38 bits per heavy atom. The standard InChI is InChI=1S/C7H6F3N5O/c1-15-2-12-3-4(15)13-6(11)14-5(3)16-7(8,9)10/h2H,1H3,(H2,11,13,14). The maximum Gasteiger partial charge on any atom is 0.574 e. The van der Waals surface area contributed by atoms with Gasteiger partial charge >= 0.3 is 6.36 Å². The fourth-order valence-electron chi connectivity index (χ4n) is 1.18. The number of rotatable bonds is 1. The first-order valence-electron chi connectivity index (χ1n) is 4.07. The van der Waals surface area contributed by atoms with E-state index in [0.717, 1.165) is 0 Å². The highest BCUT2D eigenvalue weighted by Crippen LogP contribution is 2.27. The monoisotopic (exact) mass is 233 g/mol. The van der Waals surface area contributed by atoms with Gasteiger partial charge in [-0.15, -0.1) is 13.2 Å². The largest absolute Gasteiger partial charge is 0.574 e. The Labute approximate surface area is 86.9 Å². The summed E-state index contributed by atoms with van der Waals surface area (Å²) in [6.45, 7) is 0. The molecule has 0 saturated heterocycles. The molecule has 0 aliphatic carbocycles. The van der Waals surface area contributed by atoms with Gasteiger partial charge in [0.25, 0.3) is 5.88 Å². The first kappa shape index (κ1) is 10.5. The van der Waals surface area contributed by atoms with E-state index in [0.29, 0.717) is 0 Å². The molecule has 2 aromatic rings. The van der Waals surface area contributed by atoms with Crippen molar-refractivity contribution in [2.24, 2.45) is 7.05 Å². The number of nitrogen functional groups attached to an aromatic ring is 1. The van der Waals surface area contributed by atoms with Gasteiger partial charge in [0, 0.05) is 7.05 Å². The number of aromatic nitrogens is 4. The number of ether oxygens (including phenoxy) is 1. The van der Waals surface area contributed by atoms with Crippen LogP contribution in [0.3, 0.4) is 0 Å². The van der Waals surface area contributed by atoms with Crippen LogP contribution in [0.25, 0.3) is 11.2 Å². The molecule has 0 saturated carbocycles. The fraction of sp³-hybridized carbons (Fsp3) is 0.286. The molecule has 2 N–H and O–H groups in total. The lowest BCUT2D eigenvalue weighted by molar-refractivity contribution is -0.275. The van der Waals surface area contributed by atoms with Crippen molar-refractivity contribution in [3.8, 4) is 5.88 Å². The van der Waals surface area contributed by atoms with Gasteiger partial charge in [0.15, 0.2) is 11.2 Å². The van der Waals surface area contributed by atoms with Crippen LogP contribution in [0.2, 0.25) is 0 Å². The van der Waals surface area contributed by atoms with Gasteiger partial charge in [-0.1, -0.05) is 0 Å². The lowest BCUT2D eigenvalue weighted by atomic mass is 10.5. The molecule has 0 fully saturated rings. The lowest BCUT2D eigenvalue weighted by Gasteiger charge is -2.08. The van der Waals surface area contributed by atoms with E-state index < -0.39 is 12.2 Å². The molecule has 2 heterocycles. The van der Waals surface area contributed by atoms with Gasteiger partial charge < -0.3 is 15.0 Å². The smallest absolute Gasteiger partial charge is 0.385 e. The number of alkyl halides is 3. The molecule has 0 aliphatic heterocycles. The maximum absolute atomic E-state index is 12.0. The molecule has 0 amide bonds. The van der Waals surface area contributed by atoms with Crippen molar-refractivity contribution < 1.29 is 17.9 Å². The molecule has 2 rings (SSSR count). The first-order chi connectivity index (χ1) is 7.37. The van der Waals surface area contributed by atoms with Crippen LogP contribution in [0.4, 0.5) is 19.1 Å². The van der Waals surface area contributed by atoms with Crippen LogP contribution < -0.4 is 10.5 Å². The van der Waals surface area contributed by atoms with E-state index in [9.17, 15) is 13.2 Å². The molecule has 86 valence electrons. The minimum Gasteiger partial charge on any atom is -0.385 e. The number of fused-ring (bicyclic) bond motifs is 1. The minimum atomic E-state index is -4.84. The number of anilines is 1. The molecule has 0 atom stereocenters. The molecule has 0 aliphatic rings. The summed E-state index contributed by atoms with van der Waals surface area (Å²) in [4.78, 5) is 10.8. The van der Waals surface area contributed by atoms with Crippen LogP contribution in [0.5, 0.6) is 5.88 Å². The molecule has 16 heavy (non-hydrogen) atoms. The van der Waals surface area contributed by atoms with Gasteiger partial charge in [0.1, 0.15) is 0 Å². The molecule has 0 radical (unpaired) electrons. The molecule has 0 aromatic carbocycles. The van der Waals surface area contributed by atoms with Crippen LogP contribution in [-0.2, 0) is 7.05 Å². The molecule has 2 aromatic heterocycles. The number of imidazole rings is 1. The highest BCUT2D eigenvalue weighted by molar-refractivity contribution is 5.77. The van der Waals surface area contributed by atoms with E-state index in [4.69, 9.17) is 5.73 Å². The van der Waals surface area contributed by atoms with Gasteiger partial charge in [-0.3, -0.25) is 0 Å². The number of hydrogen-bond donors (Lipinski definition) is 1. The van der Waals surface area contributed by atoms with E-state index in [-0.39, 0.29) is 17.1 Å². The zero-order valence-electron chi connectivity index (χ0n) is 7.99. The van der Waals surface area contributed by atoms with Gasteiger partial charge in [-0.25, -0.2) is 4.98 Å². The van der Waals surface area contributed by atoms with Crippen molar-refractivity contribution in [2.75, 3.05) is 5.73 Å². The topological polar surface area (TPSA) is 78.8 Å². The van der Waals surface area contributed by atoms with Crippen molar-refractivity contribution >= 4 is 17.1 Å². The number of halogens is 3. The molecule has 6 nitrogen and oxygen atoms in total. The van der Waals surface area contributed by atoms with Crippen LogP contribution in [-0.4, -0.2) is 25.9 Å². The van der Waals surface area contributed by atoms with Crippen molar-refractivity contribution in [3.63, 3.8) is 0 Å². The Morgan fingerprint density at radius 2 is 2.06 bits per heavy atom. The number of nitrogens with zero attached hydrogens (tertiary/aromatic N) is 4. The summed E-state index contributed by atoms with van der Waals surface area (Å²) in [7, 11) is 1.57. The van der Waals surface area contributed by atoms with Crippen LogP contribution in [0, 0.1) is 0 Å². The van der Waals surface area contributed by atoms with Crippen molar-refractivity contribution in [1.82, 2.24) is 19.5 Å². The molecule has 0 bridgehead atoms. The van der Waals surface area contributed by atoms with Crippen molar-refractivity contribution in [1.29, 1.82) is 0 Å². The highest BCUT2D eigenvalue weighted by Gasteiger charge is 2.33. The van der Waals surface area contributed by atoms with Gasteiger partial charge in [0.2, 0.25) is 5.95 Å². The quantitative estimate of drug-likeness (QED) is 0.789. The third kappa shape index (κ3) is 1.83. The Morgan fingerprint density at radius 3 is 2.69 bits per heavy atom. The van der Waals surface area contributed by atoms with Gasteiger partial charge in [-0.2, -0.15) is 9.97 Å². The summed E-state index contributed by atoms with van der Waals surface area (Å²) in [6.07, 6.45) is -3.55. The average Bonchev–Trinajstić information content (AvgIpc) is 2.45. The Balaban J connectivity index is 2.60. The molecule has 0 unspecified atom stereocenters. The normalized spacial score (nSPS) is 12.0. The summed E-state index contributed by atoms with van der Waals surface area (Å²) < 4.78 is 41.3. The molecular formula is C7H6F3N5O. The zero-order valence-corrected chi connectivity index (χ0v) is 7.99. The maximum atomic E-state index is 12.0. The number of hydrogen-bond acceptors (Lipinski definition) is 5. The summed E-state index contributed by atoms with van der Waals surface area (Å²) in [5, 5.41) is 0. The Kier molecular flexibility index (Phi) is 2.10. The number of nitrogens with two attached hydrogens (primary N) is 1. The summed E-state index contributed by atoms with van der Waals surface area (Å²) in [5.74, 6) is -1.01. The highest BCUT2D eigenvalue weighted by atomic mass is 19.4. The second-order valence-corrected chi connectivity index (χ2v) is 2.96.